The Kier molecular flexibility index (Phi) is 8.40. The zero-order chi connectivity index (χ0) is 25.5. The molecule has 0 saturated heterocycles. The Morgan fingerprint density at radius 2 is 1.83 bits per heavy atom. The molecular weight excluding hydrogens is 444 g/mol. The largest absolute Gasteiger partial charge is 0.495 e. The molecule has 0 atom stereocenters. The summed E-state index contributed by atoms with van der Waals surface area (Å²) in [6.45, 7) is 9.97. The number of aromatic amines is 1. The van der Waals surface area contributed by atoms with Crippen molar-refractivity contribution in [3.8, 4) is 17.1 Å². The van der Waals surface area contributed by atoms with Crippen molar-refractivity contribution in [2.45, 2.75) is 47.5 Å². The van der Waals surface area contributed by atoms with E-state index in [1.165, 1.54) is 12.8 Å². The van der Waals surface area contributed by atoms with Crippen molar-refractivity contribution in [2.24, 2.45) is 13.0 Å². The first-order chi connectivity index (χ1) is 16.9. The van der Waals surface area contributed by atoms with Gasteiger partial charge >= 0.3 is 0 Å². The van der Waals surface area contributed by atoms with E-state index in [1.54, 1.807) is 17.9 Å². The van der Waals surface area contributed by atoms with Crippen molar-refractivity contribution in [1.82, 2.24) is 29.7 Å². The van der Waals surface area contributed by atoms with Crippen LogP contribution in [-0.4, -0.2) is 43.2 Å². The molecule has 0 bridgehead atoms. The number of aromatic nitrogens is 6. The van der Waals surface area contributed by atoms with Gasteiger partial charge in [-0.15, -0.1) is 0 Å². The minimum atomic E-state index is 0.395. The molecule has 0 aliphatic heterocycles. The lowest BCUT2D eigenvalue weighted by molar-refractivity contribution is -0.105. The molecule has 4 aromatic rings. The number of carbonyl (C=O) groups excluding carboxylic acids is 1. The number of imidazole rings is 1. The van der Waals surface area contributed by atoms with Gasteiger partial charge in [0.25, 0.3) is 0 Å². The van der Waals surface area contributed by atoms with Crippen molar-refractivity contribution >= 4 is 34.8 Å². The fourth-order valence-corrected chi connectivity index (χ4v) is 3.35. The maximum Gasteiger partial charge on any atom is 0.212 e. The van der Waals surface area contributed by atoms with E-state index in [2.05, 4.69) is 42.6 Å². The third-order valence-electron chi connectivity index (χ3n) is 5.25. The van der Waals surface area contributed by atoms with E-state index in [0.717, 1.165) is 34.3 Å². The number of rotatable bonds is 6. The lowest BCUT2D eigenvalue weighted by Crippen LogP contribution is -2.01. The second-order valence-corrected chi connectivity index (χ2v) is 8.17. The van der Waals surface area contributed by atoms with Gasteiger partial charge in [0.1, 0.15) is 28.7 Å². The van der Waals surface area contributed by atoms with Crippen LogP contribution in [0.15, 0.2) is 24.3 Å². The van der Waals surface area contributed by atoms with E-state index in [9.17, 15) is 4.79 Å². The number of nitrogens with zero attached hydrogens (tertiary/aromatic N) is 5. The molecule has 1 fully saturated rings. The Hall–Kier alpha value is -3.95. The smallest absolute Gasteiger partial charge is 0.212 e. The number of nitrogens with one attached hydrogen (secondary N) is 3. The zero-order valence-corrected chi connectivity index (χ0v) is 21.4. The van der Waals surface area contributed by atoms with Crippen LogP contribution in [0.5, 0.6) is 5.75 Å². The van der Waals surface area contributed by atoms with E-state index in [1.807, 2.05) is 52.9 Å². The third-order valence-corrected chi connectivity index (χ3v) is 5.25. The number of fused-ring (bicyclic) bond motifs is 1. The van der Waals surface area contributed by atoms with Crippen molar-refractivity contribution in [3.63, 3.8) is 0 Å². The predicted molar refractivity (Wildman–Crippen MR) is 139 cm³/mol. The van der Waals surface area contributed by atoms with Gasteiger partial charge in [-0.3, -0.25) is 4.79 Å². The summed E-state index contributed by atoms with van der Waals surface area (Å²) in [7, 11) is 3.46. The quantitative estimate of drug-likeness (QED) is 0.328. The molecule has 10 heteroatoms. The van der Waals surface area contributed by atoms with Crippen LogP contribution in [0.1, 0.15) is 45.3 Å². The maximum absolute atomic E-state index is 10.9. The minimum Gasteiger partial charge on any atom is -0.495 e. The normalized spacial score (nSPS) is 12.2. The Labute approximate surface area is 205 Å². The number of benzene rings is 1. The van der Waals surface area contributed by atoms with Gasteiger partial charge in [0, 0.05) is 18.7 Å². The average Bonchev–Trinajstić information content (AvgIpc) is 3.41. The molecule has 0 spiro atoms. The molecule has 10 nitrogen and oxygen atoms in total. The van der Waals surface area contributed by atoms with E-state index in [4.69, 9.17) is 4.74 Å². The summed E-state index contributed by atoms with van der Waals surface area (Å²) >= 11 is 0. The van der Waals surface area contributed by atoms with Crippen molar-refractivity contribution < 1.29 is 9.53 Å². The minimum absolute atomic E-state index is 0.395. The zero-order valence-electron chi connectivity index (χ0n) is 21.4. The lowest BCUT2D eigenvalue weighted by atomic mass is 10.1. The number of hydrogen-bond acceptors (Lipinski definition) is 7. The van der Waals surface area contributed by atoms with Crippen LogP contribution < -0.4 is 15.4 Å². The molecule has 186 valence electrons. The first-order valence-corrected chi connectivity index (χ1v) is 11.8. The lowest BCUT2D eigenvalue weighted by Gasteiger charge is -2.14. The fourth-order valence-electron chi connectivity index (χ4n) is 3.35. The highest BCUT2D eigenvalue weighted by Gasteiger charge is 2.15. The van der Waals surface area contributed by atoms with Gasteiger partial charge in [-0.05, 0) is 38.0 Å². The van der Waals surface area contributed by atoms with Gasteiger partial charge in [-0.1, -0.05) is 33.6 Å². The molecule has 1 amide bonds. The van der Waals surface area contributed by atoms with Crippen LogP contribution in [-0.2, 0) is 11.8 Å². The van der Waals surface area contributed by atoms with E-state index in [0.29, 0.717) is 35.1 Å². The molecule has 3 heterocycles. The number of methoxy groups -OCH3 is 1. The predicted octanol–water partition coefficient (Wildman–Crippen LogP) is 5.13. The molecular formula is C25H34N8O2. The Morgan fingerprint density at radius 3 is 2.40 bits per heavy atom. The van der Waals surface area contributed by atoms with Crippen LogP contribution >= 0.6 is 0 Å². The molecule has 1 aliphatic rings. The Balaban J connectivity index is 0.000000508. The van der Waals surface area contributed by atoms with E-state index < -0.39 is 0 Å². The third kappa shape index (κ3) is 6.34. The summed E-state index contributed by atoms with van der Waals surface area (Å²) < 4.78 is 7.32. The van der Waals surface area contributed by atoms with Gasteiger partial charge < -0.3 is 20.4 Å². The van der Waals surface area contributed by atoms with Crippen LogP contribution in [0.25, 0.3) is 22.6 Å². The Morgan fingerprint density at radius 1 is 1.11 bits per heavy atom. The monoisotopic (exact) mass is 478 g/mol. The first kappa shape index (κ1) is 25.7. The van der Waals surface area contributed by atoms with Gasteiger partial charge in [-0.2, -0.15) is 5.10 Å². The second kappa shape index (κ2) is 11.5. The molecule has 3 aromatic heterocycles. The number of anilines is 3. The summed E-state index contributed by atoms with van der Waals surface area (Å²) in [5.41, 5.74) is 3.57. The summed E-state index contributed by atoms with van der Waals surface area (Å²) in [6.07, 6.45) is 3.55. The molecule has 5 rings (SSSR count). The number of aryl methyl sites for hydroxylation is 3. The van der Waals surface area contributed by atoms with E-state index in [-0.39, 0.29) is 0 Å². The standard InChI is InChI=1S/C19H20N8O2.C4H8.C2H6/c1-10-21-17-14(8-16(20-9-28)25-18(17)22-10)24-13-6-5-12(7-15(13)29-4)19-23-11(2)26-27(19)3;1-4-2-3-4;1-2/h5-9H,1-4H3,(H3,20,21,22,24,25,28);4H,2-3H2,1H3;1-2H3. The SMILES string of the molecule is CC.CC1CC1.COc1cc(-c2nc(C)nn2C)ccc1Nc1cc(NC=O)nc2nc(C)[nH]c12. The number of carbonyl (C=O) groups is 1. The van der Waals surface area contributed by atoms with Crippen molar-refractivity contribution in [1.29, 1.82) is 0 Å². The topological polar surface area (TPSA) is 123 Å². The summed E-state index contributed by atoms with van der Waals surface area (Å²) in [4.78, 5) is 27.2. The highest BCUT2D eigenvalue weighted by atomic mass is 16.5. The molecule has 3 N–H and O–H groups in total. The molecule has 35 heavy (non-hydrogen) atoms. The van der Waals surface area contributed by atoms with Crippen LogP contribution in [0.4, 0.5) is 17.2 Å². The highest BCUT2D eigenvalue weighted by molar-refractivity contribution is 5.92. The summed E-state index contributed by atoms with van der Waals surface area (Å²) in [5, 5.41) is 10.2. The van der Waals surface area contributed by atoms with Gasteiger partial charge in [0.2, 0.25) is 6.41 Å². The van der Waals surface area contributed by atoms with Crippen LogP contribution in [0, 0.1) is 19.8 Å². The summed E-state index contributed by atoms with van der Waals surface area (Å²) in [6, 6.07) is 7.47. The number of hydrogen-bond donors (Lipinski definition) is 3. The molecule has 1 aliphatic carbocycles. The number of H-pyrrole nitrogens is 1. The van der Waals surface area contributed by atoms with Gasteiger partial charge in [-0.25, -0.2) is 19.6 Å². The van der Waals surface area contributed by atoms with E-state index >= 15 is 0 Å². The molecule has 1 aromatic carbocycles. The number of ether oxygens (including phenoxy) is 1. The number of pyridine rings is 1. The van der Waals surface area contributed by atoms with Gasteiger partial charge in [0.15, 0.2) is 11.5 Å². The van der Waals surface area contributed by atoms with Crippen molar-refractivity contribution in [3.05, 3.63) is 35.9 Å². The highest BCUT2D eigenvalue weighted by Crippen LogP contribution is 2.34. The van der Waals surface area contributed by atoms with Gasteiger partial charge in [0.05, 0.1) is 18.5 Å². The summed E-state index contributed by atoms with van der Waals surface area (Å²) in [5.74, 6) is 4.28. The average molecular weight is 479 g/mol. The fraction of sp³-hybridized carbons (Fsp3) is 0.400. The first-order valence-electron chi connectivity index (χ1n) is 11.8. The van der Waals surface area contributed by atoms with Crippen molar-refractivity contribution in [2.75, 3.05) is 17.7 Å². The molecule has 0 unspecified atom stereocenters. The van der Waals surface area contributed by atoms with Crippen LogP contribution in [0.2, 0.25) is 0 Å². The number of amides is 1. The maximum atomic E-state index is 10.9. The Bertz CT molecular complexity index is 1290. The molecule has 0 radical (unpaired) electrons. The van der Waals surface area contributed by atoms with Crippen LogP contribution in [0.3, 0.4) is 0 Å². The molecule has 1 saturated carbocycles. The second-order valence-electron chi connectivity index (χ2n) is 8.17.